The predicted octanol–water partition coefficient (Wildman–Crippen LogP) is -0.465. The van der Waals surface area contributed by atoms with Crippen LogP contribution in [0, 0.1) is 0 Å². The number of methoxy groups -OCH3 is 1. The van der Waals surface area contributed by atoms with Gasteiger partial charge in [0.15, 0.2) is 5.82 Å². The van der Waals surface area contributed by atoms with Crippen LogP contribution in [-0.4, -0.2) is 55.0 Å². The molecule has 2 atom stereocenters. The summed E-state index contributed by atoms with van der Waals surface area (Å²) in [4.78, 5) is 14.0. The quantitative estimate of drug-likeness (QED) is 0.757. The molecule has 1 aromatic heterocycles. The SMILES string of the molecule is COCC(N)C(=O)NC1CCCN(c2cccnn2)C1. The molecule has 20 heavy (non-hydrogen) atoms. The zero-order chi connectivity index (χ0) is 14.4. The number of nitrogens with one attached hydrogen (secondary N) is 1. The Bertz CT molecular complexity index is 428. The highest BCUT2D eigenvalue weighted by Gasteiger charge is 2.24. The molecule has 0 bridgehead atoms. The summed E-state index contributed by atoms with van der Waals surface area (Å²) in [5, 5.41) is 11.0. The van der Waals surface area contributed by atoms with E-state index in [1.54, 1.807) is 6.20 Å². The Kier molecular flexibility index (Phi) is 5.25. The maximum atomic E-state index is 11.9. The number of nitrogens with two attached hydrogens (primary N) is 1. The summed E-state index contributed by atoms with van der Waals surface area (Å²) in [5.74, 6) is 0.672. The molecule has 0 radical (unpaired) electrons. The van der Waals surface area contributed by atoms with E-state index in [2.05, 4.69) is 20.4 Å². The lowest BCUT2D eigenvalue weighted by Gasteiger charge is -2.34. The summed E-state index contributed by atoms with van der Waals surface area (Å²) in [6, 6.07) is 3.25. The Morgan fingerprint density at radius 2 is 2.55 bits per heavy atom. The molecule has 3 N–H and O–H groups in total. The molecule has 1 aliphatic heterocycles. The lowest BCUT2D eigenvalue weighted by molar-refractivity contribution is -0.124. The van der Waals surface area contributed by atoms with Gasteiger partial charge in [-0.2, -0.15) is 5.10 Å². The van der Waals surface area contributed by atoms with Crippen molar-refractivity contribution in [3.63, 3.8) is 0 Å². The number of carbonyl (C=O) groups excluding carboxylic acids is 1. The molecule has 2 unspecified atom stereocenters. The van der Waals surface area contributed by atoms with Crippen molar-refractivity contribution in [2.24, 2.45) is 5.73 Å². The van der Waals surface area contributed by atoms with E-state index >= 15 is 0 Å². The largest absolute Gasteiger partial charge is 0.383 e. The molecule has 1 aliphatic rings. The third-order valence-electron chi connectivity index (χ3n) is 3.33. The van der Waals surface area contributed by atoms with E-state index < -0.39 is 6.04 Å². The molecular weight excluding hydrogens is 258 g/mol. The van der Waals surface area contributed by atoms with Crippen LogP contribution >= 0.6 is 0 Å². The van der Waals surface area contributed by atoms with Crippen LogP contribution in [-0.2, 0) is 9.53 Å². The number of piperidine rings is 1. The van der Waals surface area contributed by atoms with Crippen molar-refractivity contribution >= 4 is 11.7 Å². The number of hydrogen-bond acceptors (Lipinski definition) is 6. The van der Waals surface area contributed by atoms with Crippen molar-refractivity contribution < 1.29 is 9.53 Å². The third kappa shape index (κ3) is 3.88. The molecule has 2 rings (SSSR count). The van der Waals surface area contributed by atoms with Crippen molar-refractivity contribution in [3.8, 4) is 0 Å². The van der Waals surface area contributed by atoms with Crippen molar-refractivity contribution in [2.45, 2.75) is 24.9 Å². The van der Waals surface area contributed by atoms with Crippen LogP contribution in [0.4, 0.5) is 5.82 Å². The standard InChI is InChI=1S/C13H21N5O2/c1-20-9-11(14)13(19)16-10-4-3-7-18(8-10)12-5-2-6-15-17-12/h2,5-6,10-11H,3-4,7-9,14H2,1H3,(H,16,19). The number of rotatable bonds is 5. The molecular formula is C13H21N5O2. The highest BCUT2D eigenvalue weighted by Crippen LogP contribution is 2.16. The maximum absolute atomic E-state index is 11.9. The fraction of sp³-hybridized carbons (Fsp3) is 0.615. The molecule has 1 aromatic rings. The van der Waals surface area contributed by atoms with Crippen LogP contribution in [0.15, 0.2) is 18.3 Å². The van der Waals surface area contributed by atoms with Crippen molar-refractivity contribution in [1.29, 1.82) is 0 Å². The summed E-state index contributed by atoms with van der Waals surface area (Å²) < 4.78 is 4.89. The zero-order valence-corrected chi connectivity index (χ0v) is 11.7. The van der Waals surface area contributed by atoms with Gasteiger partial charge in [0, 0.05) is 32.4 Å². The smallest absolute Gasteiger partial charge is 0.239 e. The number of amides is 1. The minimum Gasteiger partial charge on any atom is -0.383 e. The number of carbonyl (C=O) groups is 1. The molecule has 2 heterocycles. The predicted molar refractivity (Wildman–Crippen MR) is 75.3 cm³/mol. The van der Waals surface area contributed by atoms with Crippen molar-refractivity contribution in [1.82, 2.24) is 15.5 Å². The van der Waals surface area contributed by atoms with Crippen LogP contribution in [0.25, 0.3) is 0 Å². The second-order valence-electron chi connectivity index (χ2n) is 4.94. The number of anilines is 1. The second kappa shape index (κ2) is 7.16. The van der Waals surface area contributed by atoms with E-state index in [4.69, 9.17) is 10.5 Å². The van der Waals surface area contributed by atoms with Gasteiger partial charge in [0.05, 0.1) is 6.61 Å². The van der Waals surface area contributed by atoms with E-state index in [0.29, 0.717) is 0 Å². The maximum Gasteiger partial charge on any atom is 0.239 e. The van der Waals surface area contributed by atoms with Crippen LogP contribution in [0.2, 0.25) is 0 Å². The third-order valence-corrected chi connectivity index (χ3v) is 3.33. The monoisotopic (exact) mass is 279 g/mol. The second-order valence-corrected chi connectivity index (χ2v) is 4.94. The van der Waals surface area contributed by atoms with E-state index in [9.17, 15) is 4.79 Å². The minimum absolute atomic E-state index is 0.0844. The van der Waals surface area contributed by atoms with E-state index in [1.165, 1.54) is 7.11 Å². The molecule has 110 valence electrons. The Hall–Kier alpha value is -1.73. The van der Waals surface area contributed by atoms with Gasteiger partial charge in [-0.15, -0.1) is 5.10 Å². The lowest BCUT2D eigenvalue weighted by Crippen LogP contribution is -2.53. The molecule has 7 heteroatoms. The molecule has 1 fully saturated rings. The number of ether oxygens (including phenoxy) is 1. The van der Waals surface area contributed by atoms with Crippen molar-refractivity contribution in [2.75, 3.05) is 31.7 Å². The summed E-state index contributed by atoms with van der Waals surface area (Å²) in [7, 11) is 1.53. The molecule has 1 saturated heterocycles. The van der Waals surface area contributed by atoms with Gasteiger partial charge in [0.25, 0.3) is 0 Å². The average Bonchev–Trinajstić information content (AvgIpc) is 2.48. The first-order valence-electron chi connectivity index (χ1n) is 6.78. The van der Waals surface area contributed by atoms with Crippen LogP contribution in [0.3, 0.4) is 0 Å². The first kappa shape index (κ1) is 14.7. The molecule has 0 saturated carbocycles. The fourth-order valence-corrected chi connectivity index (χ4v) is 2.33. The van der Waals surface area contributed by atoms with Gasteiger partial charge in [-0.3, -0.25) is 4.79 Å². The van der Waals surface area contributed by atoms with E-state index in [-0.39, 0.29) is 18.6 Å². The van der Waals surface area contributed by atoms with Crippen LogP contribution < -0.4 is 16.0 Å². The van der Waals surface area contributed by atoms with Crippen LogP contribution in [0.5, 0.6) is 0 Å². The Labute approximate surface area is 118 Å². The minimum atomic E-state index is -0.619. The zero-order valence-electron chi connectivity index (χ0n) is 11.7. The summed E-state index contributed by atoms with van der Waals surface area (Å²) in [5.41, 5.74) is 5.72. The van der Waals surface area contributed by atoms with Crippen LogP contribution in [0.1, 0.15) is 12.8 Å². The highest BCUT2D eigenvalue weighted by atomic mass is 16.5. The average molecular weight is 279 g/mol. The van der Waals surface area contributed by atoms with Gasteiger partial charge >= 0.3 is 0 Å². The van der Waals surface area contributed by atoms with E-state index in [1.807, 2.05) is 12.1 Å². The summed E-state index contributed by atoms with van der Waals surface area (Å²) in [6.45, 7) is 1.88. The summed E-state index contributed by atoms with van der Waals surface area (Å²) in [6.07, 6.45) is 3.60. The molecule has 1 amide bonds. The normalized spacial score (nSPS) is 20.5. The number of nitrogens with zero attached hydrogens (tertiary/aromatic N) is 3. The van der Waals surface area contributed by atoms with Gasteiger partial charge in [-0.1, -0.05) is 0 Å². The molecule has 7 nitrogen and oxygen atoms in total. The van der Waals surface area contributed by atoms with Crippen molar-refractivity contribution in [3.05, 3.63) is 18.3 Å². The Morgan fingerprint density at radius 3 is 3.25 bits per heavy atom. The van der Waals surface area contributed by atoms with Gasteiger partial charge in [-0.25, -0.2) is 0 Å². The number of aromatic nitrogens is 2. The van der Waals surface area contributed by atoms with Gasteiger partial charge in [0.1, 0.15) is 6.04 Å². The fourth-order valence-electron chi connectivity index (χ4n) is 2.33. The topological polar surface area (TPSA) is 93.4 Å². The first-order chi connectivity index (χ1) is 9.70. The van der Waals surface area contributed by atoms with Gasteiger partial charge in [-0.05, 0) is 25.0 Å². The summed E-state index contributed by atoms with van der Waals surface area (Å²) >= 11 is 0. The lowest BCUT2D eigenvalue weighted by atomic mass is 10.1. The molecule has 0 aromatic carbocycles. The Balaban J connectivity index is 1.89. The number of hydrogen-bond donors (Lipinski definition) is 2. The molecule has 0 aliphatic carbocycles. The van der Waals surface area contributed by atoms with E-state index in [0.717, 1.165) is 31.7 Å². The Morgan fingerprint density at radius 1 is 1.70 bits per heavy atom. The van der Waals surface area contributed by atoms with Gasteiger partial charge in [0.2, 0.25) is 5.91 Å². The first-order valence-corrected chi connectivity index (χ1v) is 6.78. The van der Waals surface area contributed by atoms with Gasteiger partial charge < -0.3 is 20.7 Å². The highest BCUT2D eigenvalue weighted by molar-refractivity contribution is 5.82. The molecule has 0 spiro atoms.